The van der Waals surface area contributed by atoms with Crippen LogP contribution in [0.15, 0.2) is 12.3 Å². The van der Waals surface area contributed by atoms with Gasteiger partial charge in [-0.25, -0.2) is 0 Å². The van der Waals surface area contributed by atoms with Gasteiger partial charge in [0.05, 0.1) is 0 Å². The molecular formula is C13H20F3N3. The van der Waals surface area contributed by atoms with Gasteiger partial charge in [0.15, 0.2) is 0 Å². The topological polar surface area (TPSA) is 28.2 Å². The Hall–Kier alpha value is -1.30. The van der Waals surface area contributed by atoms with E-state index in [0.29, 0.717) is 17.9 Å². The van der Waals surface area contributed by atoms with Crippen LogP contribution in [0.2, 0.25) is 0 Å². The fourth-order valence-corrected chi connectivity index (χ4v) is 1.73. The number of hydrogen-bond acceptors (Lipinski definition) is 3. The molecule has 0 amide bonds. The van der Waals surface area contributed by atoms with Crippen molar-refractivity contribution in [3.05, 3.63) is 23.5 Å². The van der Waals surface area contributed by atoms with Gasteiger partial charge in [-0.2, -0.15) is 13.2 Å². The minimum Gasteiger partial charge on any atom is -0.365 e. The average molecular weight is 275 g/mol. The van der Waals surface area contributed by atoms with Crippen LogP contribution in [0, 0.1) is 6.92 Å². The highest BCUT2D eigenvalue weighted by molar-refractivity contribution is 5.53. The first-order chi connectivity index (χ1) is 8.69. The summed E-state index contributed by atoms with van der Waals surface area (Å²) >= 11 is 0. The normalized spacial score (nSPS) is 12.0. The van der Waals surface area contributed by atoms with E-state index < -0.39 is 12.7 Å². The second kappa shape index (κ2) is 6.23. The molecule has 6 heteroatoms. The van der Waals surface area contributed by atoms with E-state index in [1.54, 1.807) is 19.2 Å². The maximum Gasteiger partial charge on any atom is 0.405 e. The van der Waals surface area contributed by atoms with Crippen molar-refractivity contribution >= 4 is 5.69 Å². The molecule has 0 bridgehead atoms. The summed E-state index contributed by atoms with van der Waals surface area (Å²) in [7, 11) is 1.45. The number of rotatable bonds is 5. The van der Waals surface area contributed by atoms with Gasteiger partial charge in [-0.3, -0.25) is 4.98 Å². The van der Waals surface area contributed by atoms with Crippen LogP contribution in [-0.4, -0.2) is 30.8 Å². The summed E-state index contributed by atoms with van der Waals surface area (Å²) in [6.07, 6.45) is -2.58. The summed E-state index contributed by atoms with van der Waals surface area (Å²) in [5.41, 5.74) is 2.04. The molecule has 1 aromatic rings. The summed E-state index contributed by atoms with van der Waals surface area (Å²) in [5, 5.41) is 3.19. The van der Waals surface area contributed by atoms with Crippen LogP contribution in [0.5, 0.6) is 0 Å². The molecule has 0 aliphatic carbocycles. The smallest absolute Gasteiger partial charge is 0.365 e. The Morgan fingerprint density at radius 1 is 1.37 bits per heavy atom. The van der Waals surface area contributed by atoms with E-state index >= 15 is 0 Å². The van der Waals surface area contributed by atoms with Gasteiger partial charge in [-0.1, -0.05) is 13.8 Å². The van der Waals surface area contributed by atoms with Gasteiger partial charge in [-0.05, 0) is 13.0 Å². The van der Waals surface area contributed by atoms with E-state index in [1.165, 1.54) is 11.9 Å². The van der Waals surface area contributed by atoms with Gasteiger partial charge in [0.25, 0.3) is 0 Å². The lowest BCUT2D eigenvalue weighted by atomic mass is 10.2. The van der Waals surface area contributed by atoms with Crippen LogP contribution < -0.4 is 10.2 Å². The molecule has 19 heavy (non-hydrogen) atoms. The van der Waals surface area contributed by atoms with Crippen LogP contribution in [-0.2, 0) is 6.54 Å². The largest absolute Gasteiger partial charge is 0.405 e. The monoisotopic (exact) mass is 275 g/mol. The lowest BCUT2D eigenvalue weighted by Gasteiger charge is -2.24. The third-order valence-electron chi connectivity index (χ3n) is 2.63. The first-order valence-corrected chi connectivity index (χ1v) is 6.16. The molecule has 0 unspecified atom stereocenters. The first kappa shape index (κ1) is 15.8. The van der Waals surface area contributed by atoms with Crippen molar-refractivity contribution in [1.29, 1.82) is 0 Å². The predicted molar refractivity (Wildman–Crippen MR) is 70.3 cm³/mol. The number of hydrogen-bond donors (Lipinski definition) is 1. The Bertz CT molecular complexity index is 416. The van der Waals surface area contributed by atoms with E-state index in [2.05, 4.69) is 10.3 Å². The molecule has 1 rings (SSSR count). The van der Waals surface area contributed by atoms with Crippen molar-refractivity contribution in [3.8, 4) is 0 Å². The Morgan fingerprint density at radius 3 is 2.53 bits per heavy atom. The molecule has 0 aliphatic heterocycles. The molecule has 0 aromatic carbocycles. The SMILES string of the molecule is Cc1cc(N(C)CC(F)(F)F)c(CNC(C)C)cn1. The molecule has 108 valence electrons. The van der Waals surface area contributed by atoms with Gasteiger partial charge in [0.2, 0.25) is 0 Å². The first-order valence-electron chi connectivity index (χ1n) is 6.16. The molecule has 0 spiro atoms. The quantitative estimate of drug-likeness (QED) is 0.895. The lowest BCUT2D eigenvalue weighted by Crippen LogP contribution is -2.32. The van der Waals surface area contributed by atoms with Crippen molar-refractivity contribution in [1.82, 2.24) is 10.3 Å². The number of nitrogens with one attached hydrogen (secondary N) is 1. The Kier molecular flexibility index (Phi) is 5.17. The van der Waals surface area contributed by atoms with Crippen molar-refractivity contribution in [2.45, 2.75) is 39.5 Å². The second-order valence-electron chi connectivity index (χ2n) is 4.96. The van der Waals surface area contributed by atoms with Crippen LogP contribution >= 0.6 is 0 Å². The van der Waals surface area contributed by atoms with Crippen molar-refractivity contribution in [3.63, 3.8) is 0 Å². The molecule has 0 saturated heterocycles. The maximum absolute atomic E-state index is 12.5. The molecule has 0 atom stereocenters. The number of nitrogens with zero attached hydrogens (tertiary/aromatic N) is 2. The number of anilines is 1. The minimum absolute atomic E-state index is 0.266. The summed E-state index contributed by atoms with van der Waals surface area (Å²) < 4.78 is 37.4. The van der Waals surface area contributed by atoms with Gasteiger partial charge < -0.3 is 10.2 Å². The number of alkyl halides is 3. The number of aryl methyl sites for hydroxylation is 1. The Morgan fingerprint density at radius 2 is 2.00 bits per heavy atom. The Labute approximate surface area is 111 Å². The number of aromatic nitrogens is 1. The summed E-state index contributed by atoms with van der Waals surface area (Å²) in [6.45, 7) is 5.28. The maximum atomic E-state index is 12.5. The summed E-state index contributed by atoms with van der Waals surface area (Å²) in [4.78, 5) is 5.36. The lowest BCUT2D eigenvalue weighted by molar-refractivity contribution is -0.119. The molecule has 0 radical (unpaired) electrons. The molecular weight excluding hydrogens is 255 g/mol. The molecule has 1 aromatic heterocycles. The highest BCUT2D eigenvalue weighted by Crippen LogP contribution is 2.24. The third-order valence-corrected chi connectivity index (χ3v) is 2.63. The average Bonchev–Trinajstić information content (AvgIpc) is 2.24. The van der Waals surface area contributed by atoms with E-state index in [1.807, 2.05) is 13.8 Å². The highest BCUT2D eigenvalue weighted by Gasteiger charge is 2.30. The second-order valence-corrected chi connectivity index (χ2v) is 4.96. The van der Waals surface area contributed by atoms with E-state index in [9.17, 15) is 13.2 Å². The van der Waals surface area contributed by atoms with Gasteiger partial charge >= 0.3 is 6.18 Å². The zero-order valence-corrected chi connectivity index (χ0v) is 11.7. The van der Waals surface area contributed by atoms with Gasteiger partial charge in [0.1, 0.15) is 6.54 Å². The molecule has 0 saturated carbocycles. The number of pyridine rings is 1. The van der Waals surface area contributed by atoms with Crippen LogP contribution in [0.4, 0.5) is 18.9 Å². The van der Waals surface area contributed by atoms with E-state index in [-0.39, 0.29) is 6.04 Å². The fourth-order valence-electron chi connectivity index (χ4n) is 1.73. The molecule has 0 fully saturated rings. The number of halogens is 3. The summed E-state index contributed by atoms with van der Waals surface area (Å²) in [5.74, 6) is 0. The van der Waals surface area contributed by atoms with Crippen LogP contribution in [0.25, 0.3) is 0 Å². The summed E-state index contributed by atoms with van der Waals surface area (Å²) in [6, 6.07) is 1.95. The standard InChI is InChI=1S/C13H20F3N3/c1-9(2)17-6-11-7-18-10(3)5-12(11)19(4)8-13(14,15)16/h5,7,9,17H,6,8H2,1-4H3. The van der Waals surface area contributed by atoms with E-state index in [0.717, 1.165) is 5.56 Å². The van der Waals surface area contributed by atoms with Crippen molar-refractivity contribution in [2.75, 3.05) is 18.5 Å². The molecule has 1 N–H and O–H groups in total. The van der Waals surface area contributed by atoms with Gasteiger partial charge in [0, 0.05) is 42.8 Å². The highest BCUT2D eigenvalue weighted by atomic mass is 19.4. The zero-order chi connectivity index (χ0) is 14.6. The van der Waals surface area contributed by atoms with Crippen LogP contribution in [0.3, 0.4) is 0 Å². The zero-order valence-electron chi connectivity index (χ0n) is 11.7. The van der Waals surface area contributed by atoms with Gasteiger partial charge in [-0.15, -0.1) is 0 Å². The van der Waals surface area contributed by atoms with Crippen molar-refractivity contribution < 1.29 is 13.2 Å². The van der Waals surface area contributed by atoms with E-state index in [4.69, 9.17) is 0 Å². The molecule has 1 heterocycles. The molecule has 0 aliphatic rings. The third kappa shape index (κ3) is 5.46. The van der Waals surface area contributed by atoms with Crippen molar-refractivity contribution in [2.24, 2.45) is 0 Å². The molecule has 3 nitrogen and oxygen atoms in total. The fraction of sp³-hybridized carbons (Fsp3) is 0.615. The predicted octanol–water partition coefficient (Wildman–Crippen LogP) is 2.89. The Balaban J connectivity index is 2.93. The minimum atomic E-state index is -4.21. The van der Waals surface area contributed by atoms with Crippen LogP contribution in [0.1, 0.15) is 25.1 Å².